The molecule has 2 N–H and O–H groups in total. The molecule has 1 heterocycles. The van der Waals surface area contributed by atoms with Crippen LogP contribution in [0.5, 0.6) is 0 Å². The van der Waals surface area contributed by atoms with E-state index in [2.05, 4.69) is 0 Å². The van der Waals surface area contributed by atoms with Crippen LogP contribution < -0.4 is 4.90 Å². The van der Waals surface area contributed by atoms with Gasteiger partial charge in [0.25, 0.3) is 5.91 Å². The lowest BCUT2D eigenvalue weighted by Gasteiger charge is -2.43. The second kappa shape index (κ2) is 9.98. The number of aliphatic hydroxyl groups is 1. The van der Waals surface area contributed by atoms with E-state index in [-0.39, 0.29) is 19.6 Å². The van der Waals surface area contributed by atoms with Gasteiger partial charge in [-0.2, -0.15) is 0 Å². The lowest BCUT2D eigenvalue weighted by molar-refractivity contribution is -0.161. The number of benzene rings is 4. The molecule has 0 bridgehead atoms. The Balaban J connectivity index is 1.32. The molecule has 0 radical (unpaired) electrons. The van der Waals surface area contributed by atoms with Gasteiger partial charge < -0.3 is 20.0 Å². The highest BCUT2D eigenvalue weighted by Gasteiger charge is 2.52. The fourth-order valence-corrected chi connectivity index (χ4v) is 5.73. The summed E-state index contributed by atoms with van der Waals surface area (Å²) in [6.45, 7) is -0.176. The van der Waals surface area contributed by atoms with Gasteiger partial charge in [-0.1, -0.05) is 84.9 Å². The summed E-state index contributed by atoms with van der Waals surface area (Å²) in [6.07, 6.45) is 0. The number of hydrogen-bond donors (Lipinski definition) is 2. The summed E-state index contributed by atoms with van der Waals surface area (Å²) in [4.78, 5) is 44.7. The van der Waals surface area contributed by atoms with Gasteiger partial charge in [0.05, 0.1) is 17.9 Å². The molecule has 3 amide bonds. The van der Waals surface area contributed by atoms with Gasteiger partial charge in [0.1, 0.15) is 6.04 Å². The van der Waals surface area contributed by atoms with Crippen molar-refractivity contribution in [2.75, 3.05) is 24.5 Å². The molecule has 1 saturated heterocycles. The van der Waals surface area contributed by atoms with E-state index in [0.717, 1.165) is 11.1 Å². The number of nitrogens with zero attached hydrogens (tertiary/aromatic N) is 3. The molecular formula is C32H27N3O5. The minimum absolute atomic E-state index is 0.0500. The molecular weight excluding hydrogens is 506 g/mol. The minimum atomic E-state index is -2.03. The van der Waals surface area contributed by atoms with Crippen molar-refractivity contribution in [3.63, 3.8) is 0 Å². The number of anilines is 2. The number of piperazine rings is 1. The first-order valence-corrected chi connectivity index (χ1v) is 13.1. The van der Waals surface area contributed by atoms with Crippen LogP contribution in [-0.2, 0) is 15.2 Å². The standard InChI is InChI=1S/C32H27N3O5/c36-29(37)28-21-33(31(39)35(22-11-3-1-4-12-22)23-13-5-2-6-14-23)19-20-34(28)30(38)32(40)26-17-9-7-15-24(26)25-16-8-10-18-27(25)32/h1-18,28,40H,19-21H2,(H,36,37)/t28-/m0/s1. The van der Waals surface area contributed by atoms with Crippen LogP contribution in [0.3, 0.4) is 0 Å². The summed E-state index contributed by atoms with van der Waals surface area (Å²) < 4.78 is 0. The molecule has 0 saturated carbocycles. The van der Waals surface area contributed by atoms with E-state index < -0.39 is 29.6 Å². The molecule has 0 aromatic heterocycles. The van der Waals surface area contributed by atoms with Crippen LogP contribution in [0, 0.1) is 0 Å². The molecule has 8 heteroatoms. The molecule has 6 rings (SSSR count). The lowest BCUT2D eigenvalue weighted by atomic mass is 9.89. The van der Waals surface area contributed by atoms with Crippen molar-refractivity contribution in [3.05, 3.63) is 120 Å². The van der Waals surface area contributed by atoms with E-state index in [4.69, 9.17) is 0 Å². The molecule has 1 aliphatic carbocycles. The topological polar surface area (TPSA) is 101 Å². The van der Waals surface area contributed by atoms with Gasteiger partial charge in [-0.3, -0.25) is 9.69 Å². The fourth-order valence-electron chi connectivity index (χ4n) is 5.73. The number of urea groups is 1. The van der Waals surface area contributed by atoms with Gasteiger partial charge in [-0.15, -0.1) is 0 Å². The number of carboxylic acid groups (broad SMARTS) is 1. The van der Waals surface area contributed by atoms with Crippen LogP contribution in [0.1, 0.15) is 11.1 Å². The lowest BCUT2D eigenvalue weighted by Crippen LogP contribution is -2.63. The van der Waals surface area contributed by atoms with Crippen molar-refractivity contribution in [1.29, 1.82) is 0 Å². The van der Waals surface area contributed by atoms with Crippen molar-refractivity contribution < 1.29 is 24.6 Å². The number of para-hydroxylation sites is 2. The Bertz CT molecular complexity index is 1510. The van der Waals surface area contributed by atoms with Crippen LogP contribution >= 0.6 is 0 Å². The number of rotatable bonds is 4. The average Bonchev–Trinajstić information content (AvgIpc) is 3.27. The first-order chi connectivity index (χ1) is 19.4. The van der Waals surface area contributed by atoms with E-state index in [0.29, 0.717) is 22.5 Å². The SMILES string of the molecule is O=C(O)[C@@H]1CN(C(=O)N(c2ccccc2)c2ccccc2)CCN1C(=O)C1(O)c2ccccc2-c2ccccc21. The van der Waals surface area contributed by atoms with E-state index >= 15 is 0 Å². The maximum Gasteiger partial charge on any atom is 0.329 e. The van der Waals surface area contributed by atoms with Gasteiger partial charge in [0.2, 0.25) is 0 Å². The Hall–Kier alpha value is -4.95. The first-order valence-electron chi connectivity index (χ1n) is 13.1. The fraction of sp³-hybridized carbons (Fsp3) is 0.156. The van der Waals surface area contributed by atoms with Crippen LogP contribution in [0.15, 0.2) is 109 Å². The zero-order chi connectivity index (χ0) is 27.9. The number of carboxylic acids is 1. The summed E-state index contributed by atoms with van der Waals surface area (Å²) in [7, 11) is 0. The average molecular weight is 534 g/mol. The number of fused-ring (bicyclic) bond motifs is 3. The Morgan fingerprint density at radius 3 is 1.68 bits per heavy atom. The van der Waals surface area contributed by atoms with E-state index in [9.17, 15) is 24.6 Å². The Kier molecular flexibility index (Phi) is 6.32. The number of amides is 3. The molecule has 1 atom stereocenters. The summed E-state index contributed by atoms with van der Waals surface area (Å²) in [6, 6.07) is 30.7. The summed E-state index contributed by atoms with van der Waals surface area (Å²) in [5, 5.41) is 22.2. The summed E-state index contributed by atoms with van der Waals surface area (Å²) in [5.74, 6) is -1.97. The third kappa shape index (κ3) is 4.01. The normalized spacial score (nSPS) is 17.1. The third-order valence-corrected chi connectivity index (χ3v) is 7.65. The van der Waals surface area contributed by atoms with Crippen molar-refractivity contribution in [2.24, 2.45) is 0 Å². The number of aliphatic carboxylic acids is 1. The van der Waals surface area contributed by atoms with Crippen molar-refractivity contribution in [2.45, 2.75) is 11.6 Å². The smallest absolute Gasteiger partial charge is 0.329 e. The first kappa shape index (κ1) is 25.3. The van der Waals surface area contributed by atoms with Gasteiger partial charge in [0, 0.05) is 24.2 Å². The van der Waals surface area contributed by atoms with Crippen molar-refractivity contribution in [3.8, 4) is 11.1 Å². The predicted octanol–water partition coefficient (Wildman–Crippen LogP) is 4.46. The monoisotopic (exact) mass is 533 g/mol. The van der Waals surface area contributed by atoms with E-state index in [1.807, 2.05) is 84.9 Å². The molecule has 0 unspecified atom stereocenters. The maximum absolute atomic E-state index is 14.1. The van der Waals surface area contributed by atoms with Crippen LogP contribution in [0.25, 0.3) is 11.1 Å². The van der Waals surface area contributed by atoms with Gasteiger partial charge in [-0.25, -0.2) is 9.59 Å². The van der Waals surface area contributed by atoms with Crippen LogP contribution in [-0.4, -0.2) is 63.6 Å². The highest BCUT2D eigenvalue weighted by atomic mass is 16.4. The Labute approximate surface area is 231 Å². The van der Waals surface area contributed by atoms with Crippen LogP contribution in [0.4, 0.5) is 16.2 Å². The summed E-state index contributed by atoms with van der Waals surface area (Å²) >= 11 is 0. The molecule has 1 fully saturated rings. The Morgan fingerprint density at radius 2 is 1.18 bits per heavy atom. The number of carbonyl (C=O) groups is 3. The molecule has 40 heavy (non-hydrogen) atoms. The van der Waals surface area contributed by atoms with Crippen molar-refractivity contribution in [1.82, 2.24) is 9.80 Å². The van der Waals surface area contributed by atoms with Gasteiger partial charge in [0.15, 0.2) is 5.60 Å². The molecule has 1 aliphatic heterocycles. The van der Waals surface area contributed by atoms with Crippen LogP contribution in [0.2, 0.25) is 0 Å². The van der Waals surface area contributed by atoms with E-state index in [1.54, 1.807) is 24.3 Å². The van der Waals surface area contributed by atoms with Crippen molar-refractivity contribution >= 4 is 29.3 Å². The minimum Gasteiger partial charge on any atom is -0.480 e. The molecule has 8 nitrogen and oxygen atoms in total. The molecule has 0 spiro atoms. The van der Waals surface area contributed by atoms with E-state index in [1.165, 1.54) is 14.7 Å². The molecule has 2 aliphatic rings. The second-order valence-electron chi connectivity index (χ2n) is 9.89. The number of hydrogen-bond acceptors (Lipinski definition) is 4. The van der Waals surface area contributed by atoms with Gasteiger partial charge >= 0.3 is 12.0 Å². The zero-order valence-corrected chi connectivity index (χ0v) is 21.6. The summed E-state index contributed by atoms with van der Waals surface area (Å²) in [5.41, 5.74) is 1.54. The highest BCUT2D eigenvalue weighted by Crippen LogP contribution is 2.48. The molecule has 4 aromatic carbocycles. The predicted molar refractivity (Wildman–Crippen MR) is 150 cm³/mol. The maximum atomic E-state index is 14.1. The Morgan fingerprint density at radius 1 is 0.700 bits per heavy atom. The zero-order valence-electron chi connectivity index (χ0n) is 21.6. The quantitative estimate of drug-likeness (QED) is 0.404. The number of carbonyl (C=O) groups excluding carboxylic acids is 2. The largest absolute Gasteiger partial charge is 0.480 e. The second-order valence-corrected chi connectivity index (χ2v) is 9.89. The van der Waals surface area contributed by atoms with Gasteiger partial charge in [-0.05, 0) is 35.4 Å². The third-order valence-electron chi connectivity index (χ3n) is 7.65. The molecule has 200 valence electrons. The molecule has 4 aromatic rings. The highest BCUT2D eigenvalue weighted by molar-refractivity contribution is 6.02.